The Hall–Kier alpha value is -2.77. The number of carbonyl (C=O) groups is 2. The number of benzene rings is 1. The Kier molecular flexibility index (Phi) is 5.40. The molecule has 1 atom stereocenters. The summed E-state index contributed by atoms with van der Waals surface area (Å²) in [4.78, 5) is 22.9. The van der Waals surface area contributed by atoms with Gasteiger partial charge in [-0.2, -0.15) is 5.10 Å². The van der Waals surface area contributed by atoms with Crippen molar-refractivity contribution < 1.29 is 23.8 Å². The Morgan fingerprint density at radius 3 is 2.39 bits per heavy atom. The molecule has 0 bridgehead atoms. The fourth-order valence-electron chi connectivity index (χ4n) is 2.23. The minimum atomic E-state index is -0.528. The van der Waals surface area contributed by atoms with Crippen molar-refractivity contribution in [1.82, 2.24) is 10.7 Å². The van der Waals surface area contributed by atoms with Crippen LogP contribution in [-0.2, 0) is 9.59 Å². The summed E-state index contributed by atoms with van der Waals surface area (Å²) in [5, 5.41) is 6.46. The number of methoxy groups -OCH3 is 3. The summed E-state index contributed by atoms with van der Waals surface area (Å²) >= 11 is 0. The van der Waals surface area contributed by atoms with E-state index in [0.717, 1.165) is 0 Å². The third kappa shape index (κ3) is 3.91. The van der Waals surface area contributed by atoms with Crippen LogP contribution in [0.1, 0.15) is 18.4 Å². The average Bonchev–Trinajstić information content (AvgIpc) is 3.00. The Balaban J connectivity index is 2.07. The molecule has 2 rings (SSSR count). The molecule has 0 saturated carbocycles. The SMILES string of the molecule is COc1cc(/C=N/NC(=O)[C@@H]2CCC(=O)N2)cc(OC)c1OC. The van der Waals surface area contributed by atoms with E-state index in [1.165, 1.54) is 27.5 Å². The van der Waals surface area contributed by atoms with Crippen molar-refractivity contribution >= 4 is 18.0 Å². The van der Waals surface area contributed by atoms with Gasteiger partial charge in [0.05, 0.1) is 27.5 Å². The molecule has 1 heterocycles. The first-order chi connectivity index (χ1) is 11.1. The van der Waals surface area contributed by atoms with Crippen LogP contribution in [0.2, 0.25) is 0 Å². The van der Waals surface area contributed by atoms with Crippen LogP contribution in [0.4, 0.5) is 0 Å². The lowest BCUT2D eigenvalue weighted by Gasteiger charge is -2.12. The highest BCUT2D eigenvalue weighted by atomic mass is 16.5. The molecule has 23 heavy (non-hydrogen) atoms. The molecule has 1 fully saturated rings. The van der Waals surface area contributed by atoms with Gasteiger partial charge in [-0.1, -0.05) is 0 Å². The molecule has 1 aliphatic rings. The summed E-state index contributed by atoms with van der Waals surface area (Å²) < 4.78 is 15.7. The van der Waals surface area contributed by atoms with Crippen LogP contribution in [0, 0.1) is 0 Å². The minimum Gasteiger partial charge on any atom is -0.493 e. The number of nitrogens with zero attached hydrogens (tertiary/aromatic N) is 1. The first-order valence-corrected chi connectivity index (χ1v) is 7.01. The first-order valence-electron chi connectivity index (χ1n) is 7.01. The van der Waals surface area contributed by atoms with Crippen LogP contribution in [0.15, 0.2) is 17.2 Å². The maximum atomic E-state index is 11.8. The highest BCUT2D eigenvalue weighted by molar-refractivity contribution is 5.91. The van der Waals surface area contributed by atoms with Crippen molar-refractivity contribution in [2.75, 3.05) is 21.3 Å². The van der Waals surface area contributed by atoms with Crippen molar-refractivity contribution in [2.45, 2.75) is 18.9 Å². The fourth-order valence-corrected chi connectivity index (χ4v) is 2.23. The van der Waals surface area contributed by atoms with Gasteiger partial charge >= 0.3 is 0 Å². The van der Waals surface area contributed by atoms with Crippen molar-refractivity contribution in [3.8, 4) is 17.2 Å². The summed E-state index contributed by atoms with van der Waals surface area (Å²) in [5.74, 6) is 0.980. The van der Waals surface area contributed by atoms with Crippen LogP contribution in [0.25, 0.3) is 0 Å². The number of rotatable bonds is 6. The summed E-state index contributed by atoms with van der Waals surface area (Å²) in [6.07, 6.45) is 2.29. The summed E-state index contributed by atoms with van der Waals surface area (Å²) in [6.45, 7) is 0. The number of amides is 2. The molecule has 0 aliphatic carbocycles. The Labute approximate surface area is 133 Å². The van der Waals surface area contributed by atoms with Gasteiger partial charge in [-0.05, 0) is 18.6 Å². The van der Waals surface area contributed by atoms with Gasteiger partial charge in [0.1, 0.15) is 6.04 Å². The van der Waals surface area contributed by atoms with Crippen LogP contribution in [-0.4, -0.2) is 45.4 Å². The van der Waals surface area contributed by atoms with Crippen LogP contribution in [0.5, 0.6) is 17.2 Å². The molecule has 0 spiro atoms. The molecular weight excluding hydrogens is 302 g/mol. The van der Waals surface area contributed by atoms with Gasteiger partial charge in [-0.15, -0.1) is 0 Å². The standard InChI is InChI=1S/C15H19N3O5/c1-21-11-6-9(7-12(22-2)14(11)23-3)8-16-18-15(20)10-4-5-13(19)17-10/h6-8,10H,4-5H2,1-3H3,(H,17,19)(H,18,20)/b16-8+/t10-/m0/s1. The second kappa shape index (κ2) is 7.48. The van der Waals surface area contributed by atoms with Crippen LogP contribution < -0.4 is 25.0 Å². The Morgan fingerprint density at radius 2 is 1.91 bits per heavy atom. The fraction of sp³-hybridized carbons (Fsp3) is 0.400. The molecular formula is C15H19N3O5. The summed E-state index contributed by atoms with van der Waals surface area (Å²) in [7, 11) is 4.55. The van der Waals surface area contributed by atoms with Gasteiger partial charge < -0.3 is 19.5 Å². The number of hydrogen-bond donors (Lipinski definition) is 2. The third-order valence-corrected chi connectivity index (χ3v) is 3.39. The zero-order valence-electron chi connectivity index (χ0n) is 13.2. The van der Waals surface area contributed by atoms with Gasteiger partial charge in [0, 0.05) is 12.0 Å². The van der Waals surface area contributed by atoms with E-state index in [1.807, 2.05) is 0 Å². The second-order valence-electron chi connectivity index (χ2n) is 4.85. The van der Waals surface area contributed by atoms with Gasteiger partial charge in [0.2, 0.25) is 11.7 Å². The van der Waals surface area contributed by atoms with Gasteiger partial charge in [-0.3, -0.25) is 9.59 Å². The number of carbonyl (C=O) groups excluding carboxylic acids is 2. The van der Waals surface area contributed by atoms with Crippen molar-refractivity contribution in [3.05, 3.63) is 17.7 Å². The maximum Gasteiger partial charge on any atom is 0.262 e. The molecule has 1 aliphatic heterocycles. The lowest BCUT2D eigenvalue weighted by Crippen LogP contribution is -2.39. The van der Waals surface area contributed by atoms with E-state index < -0.39 is 6.04 Å². The molecule has 2 amide bonds. The smallest absolute Gasteiger partial charge is 0.262 e. The Bertz CT molecular complexity index is 605. The largest absolute Gasteiger partial charge is 0.493 e. The molecule has 0 aromatic heterocycles. The van der Waals surface area contributed by atoms with E-state index in [9.17, 15) is 9.59 Å². The quantitative estimate of drug-likeness (QED) is 0.585. The minimum absolute atomic E-state index is 0.126. The molecule has 124 valence electrons. The molecule has 1 aromatic rings. The topological polar surface area (TPSA) is 98.2 Å². The monoisotopic (exact) mass is 321 g/mol. The number of hydrazone groups is 1. The molecule has 0 radical (unpaired) electrons. The second-order valence-corrected chi connectivity index (χ2v) is 4.85. The van der Waals surface area contributed by atoms with Gasteiger partial charge in [0.15, 0.2) is 11.5 Å². The lowest BCUT2D eigenvalue weighted by atomic mass is 10.2. The molecule has 1 saturated heterocycles. The normalized spacial score (nSPS) is 17.0. The van der Waals surface area contributed by atoms with E-state index in [2.05, 4.69) is 15.8 Å². The summed E-state index contributed by atoms with van der Waals surface area (Å²) in [5.41, 5.74) is 3.06. The predicted octanol–water partition coefficient (Wildman–Crippen LogP) is 0.441. The van der Waals surface area contributed by atoms with E-state index in [-0.39, 0.29) is 11.8 Å². The zero-order chi connectivity index (χ0) is 16.8. The van der Waals surface area contributed by atoms with Gasteiger partial charge in [-0.25, -0.2) is 5.43 Å². The zero-order valence-corrected chi connectivity index (χ0v) is 13.2. The molecule has 2 N–H and O–H groups in total. The van der Waals surface area contributed by atoms with Crippen molar-refractivity contribution in [1.29, 1.82) is 0 Å². The van der Waals surface area contributed by atoms with Gasteiger partial charge in [0.25, 0.3) is 5.91 Å². The van der Waals surface area contributed by atoms with Crippen molar-refractivity contribution in [2.24, 2.45) is 5.10 Å². The Morgan fingerprint density at radius 1 is 1.26 bits per heavy atom. The average molecular weight is 321 g/mol. The molecule has 0 unspecified atom stereocenters. The molecule has 8 nitrogen and oxygen atoms in total. The highest BCUT2D eigenvalue weighted by Crippen LogP contribution is 2.37. The number of hydrogen-bond acceptors (Lipinski definition) is 6. The highest BCUT2D eigenvalue weighted by Gasteiger charge is 2.26. The van der Waals surface area contributed by atoms with E-state index in [0.29, 0.717) is 35.7 Å². The predicted molar refractivity (Wildman–Crippen MR) is 83.0 cm³/mol. The summed E-state index contributed by atoms with van der Waals surface area (Å²) in [6, 6.07) is 2.88. The van der Waals surface area contributed by atoms with E-state index in [4.69, 9.17) is 14.2 Å². The number of nitrogens with one attached hydrogen (secondary N) is 2. The number of ether oxygens (including phenoxy) is 3. The molecule has 8 heteroatoms. The lowest BCUT2D eigenvalue weighted by molar-refractivity contribution is -0.125. The van der Waals surface area contributed by atoms with E-state index in [1.54, 1.807) is 12.1 Å². The molecule has 1 aromatic carbocycles. The first kappa shape index (κ1) is 16.6. The maximum absolute atomic E-state index is 11.8. The van der Waals surface area contributed by atoms with Crippen LogP contribution >= 0.6 is 0 Å². The van der Waals surface area contributed by atoms with E-state index >= 15 is 0 Å². The van der Waals surface area contributed by atoms with Crippen LogP contribution in [0.3, 0.4) is 0 Å². The third-order valence-electron chi connectivity index (χ3n) is 3.39. The van der Waals surface area contributed by atoms with Crippen molar-refractivity contribution in [3.63, 3.8) is 0 Å².